The van der Waals surface area contributed by atoms with E-state index in [1.54, 1.807) is 13.3 Å². The second-order valence-corrected chi connectivity index (χ2v) is 10.1. The molecule has 0 radical (unpaired) electrons. The van der Waals surface area contributed by atoms with Gasteiger partial charge in [0.25, 0.3) is 0 Å². The van der Waals surface area contributed by atoms with Gasteiger partial charge in [0.15, 0.2) is 0 Å². The largest absolute Gasteiger partial charge is 0.481 e. The van der Waals surface area contributed by atoms with Crippen molar-refractivity contribution in [3.8, 4) is 17.0 Å². The molecule has 2 N–H and O–H groups in total. The summed E-state index contributed by atoms with van der Waals surface area (Å²) in [4.78, 5) is 14.7. The quantitative estimate of drug-likeness (QED) is 0.371. The fourth-order valence-corrected chi connectivity index (χ4v) is 5.46. The van der Waals surface area contributed by atoms with Crippen LogP contribution in [0.4, 0.5) is 11.8 Å². The molecule has 0 unspecified atom stereocenters. The lowest BCUT2D eigenvalue weighted by Crippen LogP contribution is -2.15. The molecule has 5 rings (SSSR count). The molecule has 0 amide bonds. The molecular formula is C25H30N6O3S. The zero-order valence-corrected chi connectivity index (χ0v) is 21.2. The first-order valence-corrected chi connectivity index (χ1v) is 12.7. The maximum Gasteiger partial charge on any atom is 0.228 e. The Balaban J connectivity index is 1.56. The van der Waals surface area contributed by atoms with E-state index >= 15 is 0 Å². The lowest BCUT2D eigenvalue weighted by Gasteiger charge is -2.20. The lowest BCUT2D eigenvalue weighted by atomic mass is 9.97. The number of hydrogen-bond acceptors (Lipinski definition) is 9. The molecule has 0 bridgehead atoms. The molecule has 9 nitrogen and oxygen atoms in total. The third-order valence-electron chi connectivity index (χ3n) is 6.23. The van der Waals surface area contributed by atoms with Gasteiger partial charge in [-0.2, -0.15) is 5.10 Å². The van der Waals surface area contributed by atoms with Crippen molar-refractivity contribution < 1.29 is 14.6 Å². The number of ether oxygens (including phenoxy) is 2. The van der Waals surface area contributed by atoms with Crippen LogP contribution in [0.1, 0.15) is 54.9 Å². The van der Waals surface area contributed by atoms with Gasteiger partial charge in [0.1, 0.15) is 5.82 Å². The highest BCUT2D eigenvalue weighted by molar-refractivity contribution is 7.19. The summed E-state index contributed by atoms with van der Waals surface area (Å²) in [6, 6.07) is 6.17. The Morgan fingerprint density at radius 1 is 1.26 bits per heavy atom. The van der Waals surface area contributed by atoms with E-state index in [0.29, 0.717) is 17.7 Å². The Morgan fingerprint density at radius 2 is 2.06 bits per heavy atom. The maximum atomic E-state index is 10.1. The Kier molecular flexibility index (Phi) is 6.68. The van der Waals surface area contributed by atoms with Gasteiger partial charge in [-0.25, -0.2) is 19.6 Å². The van der Waals surface area contributed by atoms with Crippen molar-refractivity contribution >= 4 is 33.3 Å². The van der Waals surface area contributed by atoms with Crippen molar-refractivity contribution in [3.63, 3.8) is 0 Å². The second kappa shape index (κ2) is 9.88. The molecule has 4 aromatic rings. The van der Waals surface area contributed by atoms with E-state index in [9.17, 15) is 5.11 Å². The van der Waals surface area contributed by atoms with Crippen molar-refractivity contribution in [1.82, 2.24) is 24.7 Å². The molecule has 1 aliphatic heterocycles. The minimum Gasteiger partial charge on any atom is -0.481 e. The SMILES string of the molecule is COc1nc(C)ccc1-c1c(CO)sc2cnc(Nc3cc(C4CCOCC4)nn3C(C)C)nc12. The number of rotatable bonds is 7. The van der Waals surface area contributed by atoms with Crippen molar-refractivity contribution in [1.29, 1.82) is 0 Å². The molecule has 1 fully saturated rings. The summed E-state index contributed by atoms with van der Waals surface area (Å²) >= 11 is 1.47. The summed E-state index contributed by atoms with van der Waals surface area (Å²) in [6.07, 6.45) is 3.75. The van der Waals surface area contributed by atoms with Crippen molar-refractivity contribution in [2.75, 3.05) is 25.6 Å². The van der Waals surface area contributed by atoms with Crippen molar-refractivity contribution in [2.45, 2.75) is 52.2 Å². The topological polar surface area (TPSA) is 107 Å². The van der Waals surface area contributed by atoms with E-state index in [-0.39, 0.29) is 12.6 Å². The van der Waals surface area contributed by atoms with E-state index in [1.807, 2.05) is 23.7 Å². The van der Waals surface area contributed by atoms with Crippen LogP contribution in [0.25, 0.3) is 21.3 Å². The van der Waals surface area contributed by atoms with Crippen LogP contribution in [0.5, 0.6) is 5.88 Å². The Bertz CT molecular complexity index is 1340. The molecule has 35 heavy (non-hydrogen) atoms. The molecule has 0 atom stereocenters. The summed E-state index contributed by atoms with van der Waals surface area (Å²) in [5.41, 5.74) is 4.30. The van der Waals surface area contributed by atoms with E-state index in [2.05, 4.69) is 35.2 Å². The van der Waals surface area contributed by atoms with Crippen LogP contribution in [0.2, 0.25) is 0 Å². The number of aliphatic hydroxyl groups is 1. The molecule has 5 heterocycles. The number of anilines is 2. The summed E-state index contributed by atoms with van der Waals surface area (Å²) in [5.74, 6) is 2.23. The van der Waals surface area contributed by atoms with E-state index in [0.717, 1.165) is 69.5 Å². The third-order valence-corrected chi connectivity index (χ3v) is 7.33. The van der Waals surface area contributed by atoms with Crippen LogP contribution in [0.3, 0.4) is 0 Å². The summed E-state index contributed by atoms with van der Waals surface area (Å²) < 4.78 is 14.0. The van der Waals surface area contributed by atoms with Gasteiger partial charge in [-0.15, -0.1) is 11.3 Å². The number of aryl methyl sites for hydroxylation is 1. The molecule has 4 aromatic heterocycles. The summed E-state index contributed by atoms with van der Waals surface area (Å²) in [5, 5.41) is 18.4. The Morgan fingerprint density at radius 3 is 2.77 bits per heavy atom. The average Bonchev–Trinajstić information content (AvgIpc) is 3.46. The first kappa shape index (κ1) is 23.7. The minimum atomic E-state index is -0.106. The second-order valence-electron chi connectivity index (χ2n) is 8.98. The third kappa shape index (κ3) is 4.61. The molecule has 1 saturated heterocycles. The minimum absolute atomic E-state index is 0.106. The first-order valence-electron chi connectivity index (χ1n) is 11.8. The predicted molar refractivity (Wildman–Crippen MR) is 137 cm³/mol. The molecular weight excluding hydrogens is 464 g/mol. The van der Waals surface area contributed by atoms with E-state index in [4.69, 9.17) is 19.6 Å². The number of nitrogens with one attached hydrogen (secondary N) is 1. The number of thiophene rings is 1. The lowest BCUT2D eigenvalue weighted by molar-refractivity contribution is 0.0843. The molecule has 10 heteroatoms. The maximum absolute atomic E-state index is 10.1. The van der Waals surface area contributed by atoms with Gasteiger partial charge < -0.3 is 19.9 Å². The highest BCUT2D eigenvalue weighted by Gasteiger charge is 2.23. The number of fused-ring (bicyclic) bond motifs is 1. The average molecular weight is 495 g/mol. The number of methoxy groups -OCH3 is 1. The number of pyridine rings is 1. The molecule has 0 saturated carbocycles. The Labute approximate surface area is 208 Å². The normalized spacial score (nSPS) is 14.7. The van der Waals surface area contributed by atoms with Crippen LogP contribution >= 0.6 is 11.3 Å². The Hall–Kier alpha value is -3.08. The molecule has 184 valence electrons. The standard InChI is InChI=1S/C25H30N6O3S/c1-14(2)31-21(11-18(30-31)16-7-9-34-10-8-16)28-25-26-12-19-23(29-25)22(20(13-32)35-19)17-6-5-15(3)27-24(17)33-4/h5-6,11-12,14,16,32H,7-10,13H2,1-4H3,(H,26,28,29). The molecule has 0 spiro atoms. The summed E-state index contributed by atoms with van der Waals surface area (Å²) in [6.45, 7) is 7.57. The van der Waals surface area contributed by atoms with Crippen molar-refractivity contribution in [3.05, 3.63) is 40.7 Å². The van der Waals surface area contributed by atoms with Gasteiger partial charge in [-0.1, -0.05) is 0 Å². The van der Waals surface area contributed by atoms with Gasteiger partial charge in [0.05, 0.1) is 35.8 Å². The fraction of sp³-hybridized carbons (Fsp3) is 0.440. The zero-order valence-electron chi connectivity index (χ0n) is 20.4. The van der Waals surface area contributed by atoms with Gasteiger partial charge in [0, 0.05) is 52.9 Å². The van der Waals surface area contributed by atoms with Gasteiger partial charge in [-0.05, 0) is 45.7 Å². The van der Waals surface area contributed by atoms with Gasteiger partial charge in [-0.3, -0.25) is 0 Å². The number of aromatic nitrogens is 5. The zero-order chi connectivity index (χ0) is 24.5. The van der Waals surface area contributed by atoms with Crippen LogP contribution in [-0.2, 0) is 11.3 Å². The van der Waals surface area contributed by atoms with Crippen LogP contribution in [-0.4, -0.2) is 50.2 Å². The predicted octanol–water partition coefficient (Wildman–Crippen LogP) is 4.98. The number of aliphatic hydroxyl groups excluding tert-OH is 1. The van der Waals surface area contributed by atoms with E-state index < -0.39 is 0 Å². The van der Waals surface area contributed by atoms with E-state index in [1.165, 1.54) is 11.3 Å². The van der Waals surface area contributed by atoms with Crippen molar-refractivity contribution in [2.24, 2.45) is 0 Å². The van der Waals surface area contributed by atoms with Gasteiger partial charge >= 0.3 is 0 Å². The van der Waals surface area contributed by atoms with Crippen LogP contribution in [0.15, 0.2) is 24.4 Å². The number of hydrogen-bond donors (Lipinski definition) is 2. The van der Waals surface area contributed by atoms with Crippen LogP contribution in [0, 0.1) is 6.92 Å². The molecule has 1 aliphatic rings. The van der Waals surface area contributed by atoms with Gasteiger partial charge in [0.2, 0.25) is 11.8 Å². The summed E-state index contributed by atoms with van der Waals surface area (Å²) in [7, 11) is 1.60. The monoisotopic (exact) mass is 494 g/mol. The number of nitrogens with zero attached hydrogens (tertiary/aromatic N) is 5. The first-order chi connectivity index (χ1) is 17.0. The smallest absolute Gasteiger partial charge is 0.228 e. The highest BCUT2D eigenvalue weighted by Crippen LogP contribution is 2.41. The highest BCUT2D eigenvalue weighted by atomic mass is 32.1. The molecule has 0 aliphatic carbocycles. The molecule has 0 aromatic carbocycles. The van der Waals surface area contributed by atoms with Crippen LogP contribution < -0.4 is 10.1 Å². The fourth-order valence-electron chi connectivity index (χ4n) is 4.48.